The van der Waals surface area contributed by atoms with E-state index in [0.717, 1.165) is 0 Å². The van der Waals surface area contributed by atoms with E-state index in [1.807, 2.05) is 13.8 Å². The zero-order chi connectivity index (χ0) is 46.4. The van der Waals surface area contributed by atoms with Crippen molar-refractivity contribution in [1.29, 1.82) is 0 Å². The maximum atomic E-state index is 10.6. The van der Waals surface area contributed by atoms with Gasteiger partial charge in [-0.15, -0.1) is 0 Å². The molecule has 0 aromatic heterocycles. The van der Waals surface area contributed by atoms with Crippen LogP contribution in [0.2, 0.25) is 0 Å². The van der Waals surface area contributed by atoms with Crippen LogP contribution in [0, 0.1) is 0 Å². The smallest absolute Gasteiger partial charge is 0.0594 e. The Morgan fingerprint density at radius 2 is 0.400 bits per heavy atom. The molecule has 60 heavy (non-hydrogen) atoms. The van der Waals surface area contributed by atoms with E-state index in [-0.39, 0.29) is 0 Å². The zero-order valence-corrected chi connectivity index (χ0v) is 49.5. The second-order valence-corrected chi connectivity index (χ2v) is 40.0. The molecule has 0 spiro atoms. The summed E-state index contributed by atoms with van der Waals surface area (Å²) in [5, 5.41) is 0. The molecular weight excluding hydrogens is 845 g/mol. The monoisotopic (exact) mass is 963 g/mol. The fourth-order valence-corrected chi connectivity index (χ4v) is 29.2. The predicted octanol–water partition coefficient (Wildman–Crippen LogP) is 18.2. The van der Waals surface area contributed by atoms with Crippen molar-refractivity contribution in [3.8, 4) is 0 Å². The highest BCUT2D eigenvalue weighted by atomic mass is 32.9. The molecule has 0 rings (SSSR count). The molecule has 0 aliphatic carbocycles. The highest BCUT2D eigenvalue weighted by Crippen LogP contribution is 2.63. The van der Waals surface area contributed by atoms with Gasteiger partial charge in [0, 0.05) is 21.8 Å². The molecule has 0 atom stereocenters. The molecule has 8 heteroatoms. The summed E-state index contributed by atoms with van der Waals surface area (Å²) in [6, 6.07) is 0. The summed E-state index contributed by atoms with van der Waals surface area (Å²) in [7, 11) is -2.23. The molecule has 0 bridgehead atoms. The summed E-state index contributed by atoms with van der Waals surface area (Å²) in [6.45, 7) is 32.0. The van der Waals surface area contributed by atoms with Crippen LogP contribution in [0.5, 0.6) is 0 Å². The fourth-order valence-electron chi connectivity index (χ4n) is 8.46. The molecule has 0 fully saturated rings. The van der Waals surface area contributed by atoms with Crippen LogP contribution in [0.3, 0.4) is 0 Å². The zero-order valence-electron chi connectivity index (χ0n) is 44.3. The molecule has 0 aliphatic heterocycles. The molecule has 0 amide bonds. The molecule has 0 aromatic carbocycles. The van der Waals surface area contributed by atoms with E-state index in [1.54, 1.807) is 73.9 Å². The van der Waals surface area contributed by atoms with Crippen molar-refractivity contribution in [1.82, 2.24) is 0 Å². The van der Waals surface area contributed by atoms with Crippen LogP contribution in [0.15, 0.2) is 0 Å². The Balaban J connectivity index is -0.000000356. The van der Waals surface area contributed by atoms with Crippen LogP contribution in [0.25, 0.3) is 0 Å². The van der Waals surface area contributed by atoms with Gasteiger partial charge < -0.3 is 27.7 Å². The number of unbranched alkanes of at least 4 members (excludes halogenated alkanes) is 12. The lowest BCUT2D eigenvalue weighted by atomic mass is 10.4. The lowest BCUT2D eigenvalue weighted by molar-refractivity contribution is -0.285. The van der Waals surface area contributed by atoms with Gasteiger partial charge in [0.2, 0.25) is 0 Å². The highest BCUT2D eigenvalue weighted by Gasteiger charge is 2.36. The van der Waals surface area contributed by atoms with Gasteiger partial charge in [-0.25, -0.2) is 10.1 Å². The molecule has 0 saturated heterocycles. The second-order valence-electron chi connectivity index (χ2n) is 18.4. The molecule has 0 N–H and O–H groups in total. The van der Waals surface area contributed by atoms with Crippen LogP contribution in [-0.4, -0.2) is 85.4 Å². The van der Waals surface area contributed by atoms with Crippen LogP contribution < -0.4 is 9.79 Å². The number of hydrogen-bond donors (Lipinski definition) is 0. The quantitative estimate of drug-likeness (QED) is 0.0458. The molecule has 370 valence electrons. The third-order valence-corrected chi connectivity index (χ3v) is 35.3. The second kappa shape index (κ2) is 49.3. The number of rotatable bonds is 38. The van der Waals surface area contributed by atoms with Crippen LogP contribution in [-0.2, 0) is 22.3 Å². The minimum atomic E-state index is -3.41. The van der Waals surface area contributed by atoms with Gasteiger partial charge in [-0.05, 0) is 88.6 Å². The molecule has 0 unspecified atom stereocenters. The maximum Gasteiger partial charge on any atom is 0.0594 e. The molecule has 0 aromatic rings. The van der Waals surface area contributed by atoms with Gasteiger partial charge >= 0.3 is 0 Å². The van der Waals surface area contributed by atoms with E-state index in [4.69, 9.17) is 0 Å². The van der Waals surface area contributed by atoms with Gasteiger partial charge in [-0.2, -0.15) is 0 Å². The minimum absolute atomic E-state index is 0.541. The van der Waals surface area contributed by atoms with Gasteiger partial charge in [-0.3, -0.25) is 0 Å². The van der Waals surface area contributed by atoms with E-state index >= 15 is 0 Å². The molecule has 0 aliphatic rings. The van der Waals surface area contributed by atoms with Crippen LogP contribution in [0.4, 0.5) is 0 Å². The lowest BCUT2D eigenvalue weighted by Crippen LogP contribution is -2.18. The Morgan fingerprint density at radius 3 is 0.450 bits per heavy atom. The molecular formula is C52H118O2P4S2. The van der Waals surface area contributed by atoms with Gasteiger partial charge in [0.05, 0.1) is 73.9 Å². The molecule has 0 radical (unpaired) electrons. The van der Waals surface area contributed by atoms with Crippen molar-refractivity contribution in [3.63, 3.8) is 0 Å². The van der Waals surface area contributed by atoms with E-state index < -0.39 is 37.6 Å². The molecule has 0 saturated carbocycles. The summed E-state index contributed by atoms with van der Waals surface area (Å²) in [5.41, 5.74) is -3.41. The van der Waals surface area contributed by atoms with Gasteiger partial charge in [0.25, 0.3) is 0 Å². The summed E-state index contributed by atoms with van der Waals surface area (Å²) < 4.78 is 0. The van der Waals surface area contributed by atoms with Gasteiger partial charge in [0.1, 0.15) is 0 Å². The predicted molar refractivity (Wildman–Crippen MR) is 301 cm³/mol. The van der Waals surface area contributed by atoms with E-state index in [1.165, 1.54) is 154 Å². The highest BCUT2D eigenvalue weighted by molar-refractivity contribution is 8.57. The maximum absolute atomic E-state index is 10.6. The summed E-state index contributed by atoms with van der Waals surface area (Å²) in [6.07, 6.45) is 53.8. The van der Waals surface area contributed by atoms with Gasteiger partial charge in [-0.1, -0.05) is 174 Å². The van der Waals surface area contributed by atoms with Crippen LogP contribution in [0.1, 0.15) is 251 Å². The van der Waals surface area contributed by atoms with Crippen LogP contribution >= 0.6 is 27.5 Å². The van der Waals surface area contributed by atoms with E-state index in [2.05, 4.69) is 95.3 Å². The first kappa shape index (κ1) is 68.9. The Morgan fingerprint density at radius 1 is 0.283 bits per heavy atom. The average Bonchev–Trinajstić information content (AvgIpc) is 3.25. The summed E-state index contributed by atoms with van der Waals surface area (Å²) in [5.74, 6) is 1.33. The van der Waals surface area contributed by atoms with E-state index in [9.17, 15) is 9.79 Å². The minimum Gasteiger partial charge on any atom is -0.854 e. The largest absolute Gasteiger partial charge is 0.854 e. The summed E-state index contributed by atoms with van der Waals surface area (Å²) in [4.78, 5) is 21.3. The Bertz CT molecular complexity index is 685. The van der Waals surface area contributed by atoms with Crippen molar-refractivity contribution < 1.29 is 9.79 Å². The van der Waals surface area contributed by atoms with Gasteiger partial charge in [0.15, 0.2) is 0 Å². The number of hydrogen-bond acceptors (Lipinski definition) is 3. The molecule has 2 nitrogen and oxygen atoms in total. The Labute approximate surface area is 393 Å². The third kappa shape index (κ3) is 40.6. The van der Waals surface area contributed by atoms with E-state index in [0.29, 0.717) is 11.5 Å². The Hall–Kier alpha value is 2.34. The third-order valence-electron chi connectivity index (χ3n) is 12.8. The first-order chi connectivity index (χ1) is 28.7. The van der Waals surface area contributed by atoms with Crippen molar-refractivity contribution in [2.24, 2.45) is 0 Å². The van der Waals surface area contributed by atoms with Crippen molar-refractivity contribution in [3.05, 3.63) is 0 Å². The molecule has 0 heterocycles. The topological polar surface area (TPSA) is 46.1 Å². The lowest BCUT2D eigenvalue weighted by Gasteiger charge is -2.53. The Kier molecular flexibility index (Phi) is 56.6. The van der Waals surface area contributed by atoms with Crippen molar-refractivity contribution >= 4 is 49.8 Å². The standard InChI is InChI=1S/3C16H36P.C4H10O2PS2/c3*1-5-9-13-17(14-10-6-2,15-11-7-3)16-12-8-4;1-3-9(4-2)7(5,6)8/h3*5-16H2,1-4H3;3-4H2,1-2H3/q3*+1;-3. The first-order valence-corrected chi connectivity index (χ1v) is 39.4. The average molecular weight is 964 g/mol. The van der Waals surface area contributed by atoms with Crippen molar-refractivity contribution in [2.75, 3.05) is 85.4 Å². The SMILES string of the molecule is CCCC[P+](CCCC)(CCCC)CCCC.CCCC[P+](CCCC)(CCCC)CCCC.CCCC[P+](CCCC)(CCCC)CCCC.CCS(CC)=P([O-])([O-])[S-]. The first-order valence-electron chi connectivity index (χ1n) is 27.0. The normalized spacial score (nSPS) is 12.1. The summed E-state index contributed by atoms with van der Waals surface area (Å²) >= 11 is 4.32. The fraction of sp³-hybridized carbons (Fsp3) is 1.00. The van der Waals surface area contributed by atoms with Crippen molar-refractivity contribution in [2.45, 2.75) is 251 Å².